The first-order chi connectivity index (χ1) is 11.6. The van der Waals surface area contributed by atoms with Gasteiger partial charge in [-0.25, -0.2) is 0 Å². The highest BCUT2D eigenvalue weighted by Gasteiger charge is 2.24. The lowest BCUT2D eigenvalue weighted by Gasteiger charge is -2.29. The first-order valence-corrected chi connectivity index (χ1v) is 8.66. The van der Waals surface area contributed by atoms with Crippen LogP contribution in [0, 0.1) is 0 Å². The predicted octanol–water partition coefficient (Wildman–Crippen LogP) is 4.08. The molecule has 1 aliphatic rings. The van der Waals surface area contributed by atoms with E-state index < -0.39 is 0 Å². The molecule has 2 aromatic carbocycles. The monoisotopic (exact) mass is 347 g/mol. The summed E-state index contributed by atoms with van der Waals surface area (Å²) >= 11 is 6.09. The normalized spacial score (nSPS) is 16.5. The van der Waals surface area contributed by atoms with Crippen LogP contribution in [-0.2, 0) is 6.42 Å². The van der Waals surface area contributed by atoms with Gasteiger partial charge in [-0.05, 0) is 61.2 Å². The van der Waals surface area contributed by atoms with Crippen LogP contribution >= 0.6 is 11.6 Å². The molecule has 128 valence electrons. The van der Waals surface area contributed by atoms with Crippen molar-refractivity contribution in [1.82, 2.24) is 5.32 Å². The fourth-order valence-corrected chi connectivity index (χ4v) is 3.29. The van der Waals surface area contributed by atoms with Crippen LogP contribution in [-0.4, -0.2) is 24.9 Å². The Hall–Kier alpha value is -1.91. The summed E-state index contributed by atoms with van der Waals surface area (Å²) in [5, 5.41) is 13.5. The van der Waals surface area contributed by atoms with E-state index >= 15 is 0 Å². The quantitative estimate of drug-likeness (QED) is 0.855. The summed E-state index contributed by atoms with van der Waals surface area (Å²) in [4.78, 5) is 0. The largest absolute Gasteiger partial charge is 0.506 e. The number of phenols is 1. The van der Waals surface area contributed by atoms with Crippen molar-refractivity contribution < 1.29 is 14.6 Å². The van der Waals surface area contributed by atoms with Crippen LogP contribution in [0.1, 0.15) is 36.6 Å². The Bertz CT molecular complexity index is 733. The van der Waals surface area contributed by atoms with Crippen LogP contribution in [0.3, 0.4) is 0 Å². The Morgan fingerprint density at radius 2 is 1.83 bits per heavy atom. The number of hydrogen-bond donors (Lipinski definition) is 2. The highest BCUT2D eigenvalue weighted by molar-refractivity contribution is 6.32. The number of phenolic OH excluding ortho intramolecular Hbond substituents is 1. The minimum absolute atomic E-state index is 0.0155. The first-order valence-electron chi connectivity index (χ1n) is 8.28. The van der Waals surface area contributed by atoms with Crippen LogP contribution < -0.4 is 14.8 Å². The van der Waals surface area contributed by atoms with Gasteiger partial charge in [0.15, 0.2) is 11.5 Å². The number of ether oxygens (including phenoxy) is 2. The Kier molecular flexibility index (Phi) is 5.17. The molecule has 2 N–H and O–H groups in total. The average Bonchev–Trinajstić information content (AvgIpc) is 2.58. The van der Waals surface area contributed by atoms with Crippen molar-refractivity contribution in [1.29, 1.82) is 0 Å². The summed E-state index contributed by atoms with van der Waals surface area (Å²) in [6.45, 7) is 5.99. The minimum atomic E-state index is 0.0155. The molecule has 1 atom stereocenters. The molecule has 0 saturated carbocycles. The topological polar surface area (TPSA) is 50.7 Å². The molecule has 5 heteroatoms. The van der Waals surface area contributed by atoms with Crippen molar-refractivity contribution in [3.8, 4) is 17.2 Å². The Morgan fingerprint density at radius 3 is 2.50 bits per heavy atom. The molecule has 1 heterocycles. The molecule has 24 heavy (non-hydrogen) atoms. The second kappa shape index (κ2) is 7.32. The van der Waals surface area contributed by atoms with E-state index in [2.05, 4.69) is 17.4 Å². The smallest absolute Gasteiger partial charge is 0.161 e. The molecule has 0 spiro atoms. The van der Waals surface area contributed by atoms with Crippen molar-refractivity contribution in [2.24, 2.45) is 0 Å². The van der Waals surface area contributed by atoms with Gasteiger partial charge in [0.25, 0.3) is 0 Å². The van der Waals surface area contributed by atoms with Gasteiger partial charge in [-0.1, -0.05) is 17.7 Å². The molecule has 0 bridgehead atoms. The van der Waals surface area contributed by atoms with Gasteiger partial charge < -0.3 is 19.9 Å². The molecule has 3 rings (SSSR count). The average molecular weight is 348 g/mol. The maximum Gasteiger partial charge on any atom is 0.161 e. The zero-order valence-corrected chi connectivity index (χ0v) is 14.7. The lowest BCUT2D eigenvalue weighted by molar-refractivity contribution is 0.286. The third-order valence-corrected chi connectivity index (χ3v) is 4.47. The van der Waals surface area contributed by atoms with Crippen LogP contribution in [0.4, 0.5) is 0 Å². The fraction of sp³-hybridized carbons (Fsp3) is 0.368. The van der Waals surface area contributed by atoms with Crippen molar-refractivity contribution in [2.75, 3.05) is 19.8 Å². The molecule has 0 fully saturated rings. The summed E-state index contributed by atoms with van der Waals surface area (Å²) in [5.41, 5.74) is 3.43. The summed E-state index contributed by atoms with van der Waals surface area (Å²) in [6.07, 6.45) is 0.935. The van der Waals surface area contributed by atoms with E-state index in [9.17, 15) is 5.11 Å². The van der Waals surface area contributed by atoms with Crippen molar-refractivity contribution in [3.63, 3.8) is 0 Å². The summed E-state index contributed by atoms with van der Waals surface area (Å²) < 4.78 is 11.5. The molecule has 0 radical (unpaired) electrons. The zero-order chi connectivity index (χ0) is 17.1. The number of aromatic hydroxyl groups is 1. The number of rotatable bonds is 5. The lowest BCUT2D eigenvalue weighted by atomic mass is 9.89. The van der Waals surface area contributed by atoms with E-state index in [1.807, 2.05) is 19.9 Å². The van der Waals surface area contributed by atoms with Gasteiger partial charge >= 0.3 is 0 Å². The molecular formula is C19H22ClNO3. The van der Waals surface area contributed by atoms with E-state index in [-0.39, 0.29) is 11.8 Å². The number of hydrogen-bond acceptors (Lipinski definition) is 4. The Labute approximate surface area is 147 Å². The van der Waals surface area contributed by atoms with Crippen LogP contribution in [0.15, 0.2) is 30.3 Å². The van der Waals surface area contributed by atoms with Gasteiger partial charge in [-0.2, -0.15) is 0 Å². The molecule has 0 saturated heterocycles. The van der Waals surface area contributed by atoms with Gasteiger partial charge in [0.2, 0.25) is 0 Å². The van der Waals surface area contributed by atoms with Crippen LogP contribution in [0.5, 0.6) is 17.2 Å². The molecule has 0 aromatic heterocycles. The maximum atomic E-state index is 9.66. The van der Waals surface area contributed by atoms with Gasteiger partial charge in [-0.15, -0.1) is 0 Å². The number of benzene rings is 2. The third-order valence-electron chi connectivity index (χ3n) is 4.16. The van der Waals surface area contributed by atoms with Gasteiger partial charge in [-0.3, -0.25) is 0 Å². The van der Waals surface area contributed by atoms with Gasteiger partial charge in [0.05, 0.1) is 24.3 Å². The molecule has 4 nitrogen and oxygen atoms in total. The summed E-state index contributed by atoms with van der Waals surface area (Å²) in [6, 6.07) is 9.49. The number of fused-ring (bicyclic) bond motifs is 1. The second-order valence-corrected chi connectivity index (χ2v) is 6.12. The van der Waals surface area contributed by atoms with E-state index in [1.165, 1.54) is 5.56 Å². The van der Waals surface area contributed by atoms with E-state index in [4.69, 9.17) is 21.1 Å². The molecule has 1 aliphatic heterocycles. The molecule has 2 aromatic rings. The highest BCUT2D eigenvalue weighted by atomic mass is 35.5. The first kappa shape index (κ1) is 16.9. The van der Waals surface area contributed by atoms with Gasteiger partial charge in [0, 0.05) is 6.54 Å². The van der Waals surface area contributed by atoms with Crippen LogP contribution in [0.2, 0.25) is 5.02 Å². The lowest BCUT2D eigenvalue weighted by Crippen LogP contribution is -2.30. The predicted molar refractivity (Wildman–Crippen MR) is 95.4 cm³/mol. The van der Waals surface area contributed by atoms with Crippen molar-refractivity contribution >= 4 is 11.6 Å². The molecule has 0 amide bonds. The van der Waals surface area contributed by atoms with Crippen molar-refractivity contribution in [2.45, 2.75) is 26.3 Å². The second-order valence-electron chi connectivity index (χ2n) is 5.71. The fourth-order valence-electron chi connectivity index (χ4n) is 3.10. The van der Waals surface area contributed by atoms with E-state index in [0.717, 1.165) is 35.6 Å². The third kappa shape index (κ3) is 3.30. The van der Waals surface area contributed by atoms with Gasteiger partial charge in [0.1, 0.15) is 5.75 Å². The Balaban J connectivity index is 2.05. The maximum absolute atomic E-state index is 9.66. The van der Waals surface area contributed by atoms with E-state index in [1.54, 1.807) is 12.1 Å². The summed E-state index contributed by atoms with van der Waals surface area (Å²) in [5.74, 6) is 1.65. The minimum Gasteiger partial charge on any atom is -0.506 e. The van der Waals surface area contributed by atoms with Crippen molar-refractivity contribution in [3.05, 3.63) is 52.0 Å². The summed E-state index contributed by atoms with van der Waals surface area (Å²) in [7, 11) is 0. The van der Waals surface area contributed by atoms with Crippen LogP contribution in [0.25, 0.3) is 0 Å². The highest BCUT2D eigenvalue weighted by Crippen LogP contribution is 2.39. The SMILES string of the molecule is CCOc1cc2c(cc1OCC)[C@H](c1ccc(O)c(Cl)c1)NCC2. The number of halogens is 1. The zero-order valence-electron chi connectivity index (χ0n) is 13.9. The molecular weight excluding hydrogens is 326 g/mol. The number of nitrogens with one attached hydrogen (secondary N) is 1. The molecule has 0 aliphatic carbocycles. The standard InChI is InChI=1S/C19H22ClNO3/c1-3-23-17-10-12-7-8-21-19(14(12)11-18(17)24-4-2)13-5-6-16(22)15(20)9-13/h5-6,9-11,19,21-22H,3-4,7-8H2,1-2H3/t19-/m0/s1. The van der Waals surface area contributed by atoms with E-state index in [0.29, 0.717) is 18.2 Å². The Morgan fingerprint density at radius 1 is 1.12 bits per heavy atom. The molecule has 0 unspecified atom stereocenters.